The average Bonchev–Trinajstić information content (AvgIpc) is 4.03. The lowest BCUT2D eigenvalue weighted by Crippen LogP contribution is -2.56. The van der Waals surface area contributed by atoms with Gasteiger partial charge in [0.1, 0.15) is 41.0 Å². The number of fused-ring (bicyclic) bond motifs is 6. The minimum Gasteiger partial charge on any atom is -0.474 e. The average molecular weight is 768 g/mol. The Bertz CT molecular complexity index is 1920. The van der Waals surface area contributed by atoms with Gasteiger partial charge in [0.15, 0.2) is 6.04 Å². The van der Waals surface area contributed by atoms with Crippen LogP contribution in [0.3, 0.4) is 0 Å². The van der Waals surface area contributed by atoms with Crippen molar-refractivity contribution in [1.29, 1.82) is 0 Å². The first-order valence-electron chi connectivity index (χ1n) is 19.4. The van der Waals surface area contributed by atoms with E-state index < -0.39 is 48.1 Å². The fraction of sp³-hybridized carbons (Fsp3) is 0.488. The van der Waals surface area contributed by atoms with Gasteiger partial charge in [0.2, 0.25) is 29.5 Å². The number of nitrogens with one attached hydrogen (secondary N) is 3. The first-order valence-corrected chi connectivity index (χ1v) is 20.3. The van der Waals surface area contributed by atoms with Crippen molar-refractivity contribution in [3.05, 3.63) is 87.9 Å². The maximum atomic E-state index is 14.5. The summed E-state index contributed by atoms with van der Waals surface area (Å²) in [5.41, 5.74) is 1.90. The zero-order valence-corrected chi connectivity index (χ0v) is 32.3. The van der Waals surface area contributed by atoms with Crippen LogP contribution in [0.15, 0.2) is 71.0 Å². The zero-order chi connectivity index (χ0) is 38.6. The Morgan fingerprint density at radius 2 is 1.38 bits per heavy atom. The van der Waals surface area contributed by atoms with E-state index in [9.17, 15) is 24.0 Å². The summed E-state index contributed by atoms with van der Waals surface area (Å²) in [6, 6.07) is 14.4. The van der Waals surface area contributed by atoms with E-state index in [-0.39, 0.29) is 54.1 Å². The van der Waals surface area contributed by atoms with Gasteiger partial charge in [-0.05, 0) is 49.7 Å². The zero-order valence-electron chi connectivity index (χ0n) is 31.5. The van der Waals surface area contributed by atoms with E-state index in [2.05, 4.69) is 16.0 Å². The molecular formula is C41H49N7O6S. The topological polar surface area (TPSA) is 162 Å². The quantitative estimate of drug-likeness (QED) is 0.346. The van der Waals surface area contributed by atoms with Gasteiger partial charge in [-0.15, -0.1) is 11.3 Å². The fourth-order valence-electron chi connectivity index (χ4n) is 8.01. The van der Waals surface area contributed by atoms with Crippen molar-refractivity contribution >= 4 is 46.8 Å². The molecular weight excluding hydrogens is 719 g/mol. The minimum absolute atomic E-state index is 0.115. The number of ether oxygens (including phenoxy) is 1. The molecule has 55 heavy (non-hydrogen) atoms. The summed E-state index contributed by atoms with van der Waals surface area (Å²) in [5, 5.41) is 11.4. The summed E-state index contributed by atoms with van der Waals surface area (Å²) >= 11 is 1.29. The highest BCUT2D eigenvalue weighted by Crippen LogP contribution is 2.35. The molecule has 2 aromatic carbocycles. The van der Waals surface area contributed by atoms with E-state index >= 15 is 0 Å². The van der Waals surface area contributed by atoms with Gasteiger partial charge in [0, 0.05) is 31.3 Å². The molecule has 0 radical (unpaired) electrons. The van der Waals surface area contributed by atoms with Crippen LogP contribution in [0.4, 0.5) is 0 Å². The second-order valence-electron chi connectivity index (χ2n) is 15.0. The van der Waals surface area contributed by atoms with Crippen molar-refractivity contribution in [2.45, 2.75) is 108 Å². The Labute approximate surface area is 325 Å². The van der Waals surface area contributed by atoms with Gasteiger partial charge >= 0.3 is 0 Å². The monoisotopic (exact) mass is 767 g/mol. The molecule has 8 atom stereocenters. The first-order chi connectivity index (χ1) is 26.6. The Kier molecular flexibility index (Phi) is 11.6. The van der Waals surface area contributed by atoms with Gasteiger partial charge in [0.05, 0.1) is 6.04 Å². The maximum absolute atomic E-state index is 14.5. The highest BCUT2D eigenvalue weighted by molar-refractivity contribution is 7.09. The molecule has 0 aliphatic carbocycles. The van der Waals surface area contributed by atoms with Crippen molar-refractivity contribution < 1.29 is 28.7 Å². The number of thiazole rings is 1. The van der Waals surface area contributed by atoms with Crippen LogP contribution in [0.1, 0.15) is 85.5 Å². The highest BCUT2D eigenvalue weighted by Gasteiger charge is 2.44. The molecule has 13 nitrogen and oxygen atoms in total. The lowest BCUT2D eigenvalue weighted by molar-refractivity contribution is -0.140. The van der Waals surface area contributed by atoms with E-state index in [1.807, 2.05) is 74.5 Å². The number of aliphatic imine (C=N–C) groups is 1. The summed E-state index contributed by atoms with van der Waals surface area (Å²) < 4.78 is 6.23. The van der Waals surface area contributed by atoms with Crippen molar-refractivity contribution in [1.82, 2.24) is 30.7 Å². The number of hydrogen-bond acceptors (Lipinski definition) is 9. The molecule has 0 saturated carbocycles. The van der Waals surface area contributed by atoms with Crippen molar-refractivity contribution in [3.63, 3.8) is 0 Å². The van der Waals surface area contributed by atoms with Crippen LogP contribution in [0.5, 0.6) is 0 Å². The van der Waals surface area contributed by atoms with Crippen LogP contribution in [0.2, 0.25) is 0 Å². The molecule has 0 spiro atoms. The normalized spacial score (nSPS) is 28.2. The number of aromatic nitrogens is 1. The lowest BCUT2D eigenvalue weighted by Gasteiger charge is -2.31. The van der Waals surface area contributed by atoms with E-state index in [1.165, 1.54) is 11.3 Å². The van der Waals surface area contributed by atoms with Crippen molar-refractivity contribution in [3.8, 4) is 0 Å². The van der Waals surface area contributed by atoms with Crippen LogP contribution < -0.4 is 16.0 Å². The molecule has 3 N–H and O–H groups in total. The summed E-state index contributed by atoms with van der Waals surface area (Å²) in [4.78, 5) is 83.8. The van der Waals surface area contributed by atoms with Gasteiger partial charge in [0.25, 0.3) is 5.91 Å². The van der Waals surface area contributed by atoms with Crippen LogP contribution in [0, 0.1) is 5.92 Å². The van der Waals surface area contributed by atoms with Gasteiger partial charge in [-0.2, -0.15) is 0 Å². The third-order valence-corrected chi connectivity index (χ3v) is 12.2. The second-order valence-corrected chi connectivity index (χ2v) is 15.9. The SMILES string of the molecule is CC[C@H](C)[C@@H]1NC(=O)[C@@H]2CCCN2C(=O)[C@H](Cc2ccccc2)NC(=O)c2csc(n2)[C@@H]2CCCN2C(=O)[C@H](Cc2ccccc2)NC(=O)[C@@H]2N=C1O[C@@H]2C. The summed E-state index contributed by atoms with van der Waals surface area (Å²) in [5.74, 6) is -1.78. The van der Waals surface area contributed by atoms with Crippen LogP contribution in [-0.2, 0) is 36.8 Å². The summed E-state index contributed by atoms with van der Waals surface area (Å²) in [7, 11) is 0. The molecule has 4 aliphatic rings. The Balaban J connectivity index is 1.27. The number of benzene rings is 2. The Morgan fingerprint density at radius 3 is 2.00 bits per heavy atom. The van der Waals surface area contributed by atoms with Crippen LogP contribution >= 0.6 is 11.3 Å². The lowest BCUT2D eigenvalue weighted by atomic mass is 9.98. The fourth-order valence-corrected chi connectivity index (χ4v) is 8.96. The minimum atomic E-state index is -0.961. The molecule has 0 unspecified atom stereocenters. The third-order valence-electron chi connectivity index (χ3n) is 11.3. The maximum Gasteiger partial charge on any atom is 0.271 e. The second kappa shape index (κ2) is 16.7. The molecule has 2 saturated heterocycles. The summed E-state index contributed by atoms with van der Waals surface area (Å²) in [6.45, 7) is 6.57. The van der Waals surface area contributed by atoms with Gasteiger partial charge in [-0.3, -0.25) is 24.0 Å². The Hall–Kier alpha value is -5.11. The van der Waals surface area contributed by atoms with E-state index in [1.54, 1.807) is 22.1 Å². The first kappa shape index (κ1) is 38.2. The van der Waals surface area contributed by atoms with Crippen LogP contribution in [0.25, 0.3) is 0 Å². The molecule has 2 fully saturated rings. The molecule has 5 amide bonds. The standard InChI is InChI=1S/C41H49N7O6S/c1-4-24(2)33-38-46-34(25(3)54-38)37(51)43-29(22-27-15-9-6-10-16-27)41(53)48-20-12-18-32(48)39-44-30(23-55-39)35(49)42-28(21-26-13-7-5-8-14-26)40(52)47-19-11-17-31(47)36(50)45-33/h5-10,13-16,23-25,28-29,31-34H,4,11-12,17-22H2,1-3H3,(H,42,49)(H,43,51)(H,45,50)/t24-,25+,28-,29-,31-,32-,33-,34+/m0/s1. The third kappa shape index (κ3) is 8.29. The molecule has 14 heteroatoms. The largest absolute Gasteiger partial charge is 0.474 e. The number of amides is 5. The van der Waals surface area contributed by atoms with E-state index in [4.69, 9.17) is 14.7 Å². The number of nitrogens with zero attached hydrogens (tertiary/aromatic N) is 4. The van der Waals surface area contributed by atoms with Crippen molar-refractivity contribution in [2.24, 2.45) is 10.9 Å². The molecule has 5 heterocycles. The predicted octanol–water partition coefficient (Wildman–Crippen LogP) is 3.60. The van der Waals surface area contributed by atoms with E-state index in [0.717, 1.165) is 17.5 Å². The number of hydrogen-bond donors (Lipinski definition) is 3. The molecule has 3 aromatic rings. The Morgan fingerprint density at radius 1 is 0.800 bits per heavy atom. The molecule has 290 valence electrons. The smallest absolute Gasteiger partial charge is 0.271 e. The predicted molar refractivity (Wildman–Crippen MR) is 207 cm³/mol. The molecule has 4 bridgehead atoms. The highest BCUT2D eigenvalue weighted by atomic mass is 32.1. The van der Waals surface area contributed by atoms with Gasteiger partial charge < -0.3 is 30.5 Å². The van der Waals surface area contributed by atoms with Crippen LogP contribution in [-0.4, -0.2) is 99.6 Å². The summed E-state index contributed by atoms with van der Waals surface area (Å²) in [6.07, 6.45) is 2.98. The number of carbonyl (C=O) groups excluding carboxylic acids is 5. The van der Waals surface area contributed by atoms with E-state index in [0.29, 0.717) is 43.8 Å². The van der Waals surface area contributed by atoms with Gasteiger partial charge in [-0.25, -0.2) is 9.98 Å². The molecule has 4 aliphatic heterocycles. The van der Waals surface area contributed by atoms with Gasteiger partial charge in [-0.1, -0.05) is 80.9 Å². The molecule has 1 aromatic heterocycles. The van der Waals surface area contributed by atoms with Crippen molar-refractivity contribution in [2.75, 3.05) is 13.1 Å². The molecule has 7 rings (SSSR count). The number of rotatable bonds is 6. The number of carbonyl (C=O) groups is 5.